The summed E-state index contributed by atoms with van der Waals surface area (Å²) in [6, 6.07) is 0.575. The van der Waals surface area contributed by atoms with Crippen molar-refractivity contribution in [2.45, 2.75) is 44.7 Å². The molecule has 0 bridgehead atoms. The first-order valence-electron chi connectivity index (χ1n) is 6.53. The Morgan fingerprint density at radius 2 is 2.22 bits per heavy atom. The van der Waals surface area contributed by atoms with Gasteiger partial charge in [-0.15, -0.1) is 12.4 Å². The van der Waals surface area contributed by atoms with E-state index in [-0.39, 0.29) is 12.4 Å². The average Bonchev–Trinajstić information content (AvgIpc) is 2.98. The molecular formula is C12H21ClN4O. The summed E-state index contributed by atoms with van der Waals surface area (Å²) in [6.45, 7) is 4.89. The lowest BCUT2D eigenvalue weighted by Gasteiger charge is -2.18. The number of nitrogens with zero attached hydrogens (tertiary/aromatic N) is 3. The minimum atomic E-state index is 0. The third kappa shape index (κ3) is 2.84. The van der Waals surface area contributed by atoms with Gasteiger partial charge in [-0.25, -0.2) is 0 Å². The van der Waals surface area contributed by atoms with Crippen LogP contribution in [0.2, 0.25) is 0 Å². The van der Waals surface area contributed by atoms with Crippen molar-refractivity contribution in [3.63, 3.8) is 0 Å². The van der Waals surface area contributed by atoms with E-state index in [1.54, 1.807) is 0 Å². The van der Waals surface area contributed by atoms with Crippen LogP contribution in [0.4, 0.5) is 0 Å². The zero-order valence-electron chi connectivity index (χ0n) is 10.7. The zero-order chi connectivity index (χ0) is 11.8. The highest BCUT2D eigenvalue weighted by Crippen LogP contribution is 2.39. The Morgan fingerprint density at radius 1 is 1.44 bits per heavy atom. The highest BCUT2D eigenvalue weighted by atomic mass is 35.5. The molecule has 2 atom stereocenters. The van der Waals surface area contributed by atoms with Gasteiger partial charge in [0.2, 0.25) is 5.89 Å². The van der Waals surface area contributed by atoms with Gasteiger partial charge in [0, 0.05) is 18.5 Å². The van der Waals surface area contributed by atoms with Crippen molar-refractivity contribution in [3.05, 3.63) is 11.7 Å². The Bertz CT molecular complexity index is 393. The Morgan fingerprint density at radius 3 is 2.83 bits per heavy atom. The molecule has 2 aliphatic rings. The third-order valence-corrected chi connectivity index (χ3v) is 3.88. The Labute approximate surface area is 114 Å². The number of nitrogens with two attached hydrogens (primary N) is 1. The second-order valence-corrected chi connectivity index (χ2v) is 5.44. The van der Waals surface area contributed by atoms with Crippen LogP contribution in [0.1, 0.15) is 43.8 Å². The maximum atomic E-state index is 5.73. The van der Waals surface area contributed by atoms with Gasteiger partial charge in [0.05, 0.1) is 6.54 Å². The van der Waals surface area contributed by atoms with Gasteiger partial charge < -0.3 is 10.3 Å². The maximum absolute atomic E-state index is 5.73. The first-order valence-corrected chi connectivity index (χ1v) is 6.53. The number of hydrogen-bond acceptors (Lipinski definition) is 5. The molecule has 2 fully saturated rings. The molecule has 1 saturated carbocycles. The van der Waals surface area contributed by atoms with Gasteiger partial charge in [0.15, 0.2) is 5.82 Å². The zero-order valence-corrected chi connectivity index (χ0v) is 11.5. The summed E-state index contributed by atoms with van der Waals surface area (Å²) >= 11 is 0. The lowest BCUT2D eigenvalue weighted by Crippen LogP contribution is -2.27. The molecule has 102 valence electrons. The normalized spacial score (nSPS) is 28.3. The molecule has 0 spiro atoms. The largest absolute Gasteiger partial charge is 0.339 e. The monoisotopic (exact) mass is 272 g/mol. The minimum Gasteiger partial charge on any atom is -0.339 e. The van der Waals surface area contributed by atoms with E-state index >= 15 is 0 Å². The molecule has 2 N–H and O–H groups in total. The van der Waals surface area contributed by atoms with Gasteiger partial charge in [-0.05, 0) is 38.6 Å². The Kier molecular flexibility index (Phi) is 4.25. The third-order valence-electron chi connectivity index (χ3n) is 3.88. The number of halogens is 1. The number of aromatic nitrogens is 2. The van der Waals surface area contributed by atoms with Crippen LogP contribution in [0.3, 0.4) is 0 Å². The number of rotatable bonds is 4. The first-order chi connectivity index (χ1) is 8.26. The predicted molar refractivity (Wildman–Crippen MR) is 70.6 cm³/mol. The second kappa shape index (κ2) is 5.55. The highest BCUT2D eigenvalue weighted by molar-refractivity contribution is 5.85. The average molecular weight is 273 g/mol. The molecule has 5 nitrogen and oxygen atoms in total. The topological polar surface area (TPSA) is 68.2 Å². The minimum absolute atomic E-state index is 0. The molecule has 1 aliphatic carbocycles. The fourth-order valence-electron chi connectivity index (χ4n) is 2.62. The molecule has 1 aromatic rings. The molecule has 3 rings (SSSR count). The van der Waals surface area contributed by atoms with E-state index in [0.717, 1.165) is 31.3 Å². The van der Waals surface area contributed by atoms with Crippen LogP contribution in [0, 0.1) is 5.92 Å². The lowest BCUT2D eigenvalue weighted by atomic mass is 10.1. The van der Waals surface area contributed by atoms with Gasteiger partial charge in [-0.3, -0.25) is 4.90 Å². The van der Waals surface area contributed by atoms with E-state index in [1.807, 2.05) is 0 Å². The molecular weight excluding hydrogens is 252 g/mol. The van der Waals surface area contributed by atoms with Gasteiger partial charge >= 0.3 is 0 Å². The SMILES string of the molecule is CC1CC(CN)CN1Cc1noc(C2CC2)n1.Cl. The van der Waals surface area contributed by atoms with Crippen molar-refractivity contribution in [3.8, 4) is 0 Å². The van der Waals surface area contributed by atoms with Crippen LogP contribution in [0.5, 0.6) is 0 Å². The Balaban J connectivity index is 0.00000120. The van der Waals surface area contributed by atoms with E-state index in [0.29, 0.717) is 17.9 Å². The smallest absolute Gasteiger partial charge is 0.229 e. The van der Waals surface area contributed by atoms with E-state index in [4.69, 9.17) is 10.3 Å². The van der Waals surface area contributed by atoms with Crippen LogP contribution in [-0.2, 0) is 6.54 Å². The fraction of sp³-hybridized carbons (Fsp3) is 0.833. The standard InChI is InChI=1S/C12H20N4O.ClH/c1-8-4-9(5-13)6-16(8)7-11-14-12(17-15-11)10-2-3-10;/h8-10H,2-7,13H2,1H3;1H. The van der Waals surface area contributed by atoms with E-state index in [9.17, 15) is 0 Å². The van der Waals surface area contributed by atoms with Gasteiger partial charge in [-0.1, -0.05) is 5.16 Å². The molecule has 0 radical (unpaired) electrons. The Hall–Kier alpha value is -0.650. The van der Waals surface area contributed by atoms with Crippen molar-refractivity contribution in [1.29, 1.82) is 0 Å². The summed E-state index contributed by atoms with van der Waals surface area (Å²) in [6.07, 6.45) is 3.60. The molecule has 0 amide bonds. The summed E-state index contributed by atoms with van der Waals surface area (Å²) in [5.74, 6) is 2.84. The maximum Gasteiger partial charge on any atom is 0.229 e. The van der Waals surface area contributed by atoms with E-state index < -0.39 is 0 Å². The van der Waals surface area contributed by atoms with Gasteiger partial charge in [0.25, 0.3) is 0 Å². The summed E-state index contributed by atoms with van der Waals surface area (Å²) in [7, 11) is 0. The second-order valence-electron chi connectivity index (χ2n) is 5.44. The predicted octanol–water partition coefficient (Wildman–Crippen LogP) is 1.54. The molecule has 18 heavy (non-hydrogen) atoms. The molecule has 0 aromatic carbocycles. The lowest BCUT2D eigenvalue weighted by molar-refractivity contribution is 0.245. The fourth-order valence-corrected chi connectivity index (χ4v) is 2.62. The quantitative estimate of drug-likeness (QED) is 0.900. The van der Waals surface area contributed by atoms with E-state index in [2.05, 4.69) is 22.0 Å². The number of hydrogen-bond donors (Lipinski definition) is 1. The van der Waals surface area contributed by atoms with Crippen molar-refractivity contribution in [1.82, 2.24) is 15.0 Å². The van der Waals surface area contributed by atoms with E-state index in [1.165, 1.54) is 19.3 Å². The molecule has 1 aromatic heterocycles. The van der Waals surface area contributed by atoms with Gasteiger partial charge in [-0.2, -0.15) is 4.98 Å². The van der Waals surface area contributed by atoms with Crippen molar-refractivity contribution < 1.29 is 4.52 Å². The first kappa shape index (κ1) is 13.8. The summed E-state index contributed by atoms with van der Waals surface area (Å²) in [4.78, 5) is 6.87. The van der Waals surface area contributed by atoms with Crippen LogP contribution in [-0.4, -0.2) is 34.2 Å². The molecule has 1 aliphatic heterocycles. The van der Waals surface area contributed by atoms with Crippen molar-refractivity contribution in [2.24, 2.45) is 11.7 Å². The van der Waals surface area contributed by atoms with Crippen LogP contribution >= 0.6 is 12.4 Å². The highest BCUT2D eigenvalue weighted by Gasteiger charge is 2.32. The molecule has 2 unspecified atom stereocenters. The summed E-state index contributed by atoms with van der Waals surface area (Å²) in [5, 5.41) is 4.07. The number of likely N-dealkylation sites (tertiary alicyclic amines) is 1. The molecule has 1 saturated heterocycles. The van der Waals surface area contributed by atoms with Crippen LogP contribution < -0.4 is 5.73 Å². The van der Waals surface area contributed by atoms with Crippen LogP contribution in [0.25, 0.3) is 0 Å². The summed E-state index contributed by atoms with van der Waals surface area (Å²) < 4.78 is 5.27. The molecule has 6 heteroatoms. The van der Waals surface area contributed by atoms with Gasteiger partial charge in [0.1, 0.15) is 0 Å². The summed E-state index contributed by atoms with van der Waals surface area (Å²) in [5.41, 5.74) is 5.73. The van der Waals surface area contributed by atoms with Crippen molar-refractivity contribution in [2.75, 3.05) is 13.1 Å². The van der Waals surface area contributed by atoms with Crippen molar-refractivity contribution >= 4 is 12.4 Å². The molecule has 2 heterocycles. The van der Waals surface area contributed by atoms with Crippen LogP contribution in [0.15, 0.2) is 4.52 Å².